The van der Waals surface area contributed by atoms with Gasteiger partial charge in [-0.15, -0.1) is 11.8 Å². The number of nitrogens with zero attached hydrogens (tertiary/aromatic N) is 1. The van der Waals surface area contributed by atoms with Crippen LogP contribution >= 0.6 is 11.8 Å². The number of piperidine rings is 1. The minimum atomic E-state index is 0.667. The molecule has 2 aromatic carbocycles. The molecule has 0 radical (unpaired) electrons. The molecule has 2 aromatic rings. The van der Waals surface area contributed by atoms with Crippen molar-refractivity contribution in [3.05, 3.63) is 48.0 Å². The lowest BCUT2D eigenvalue weighted by atomic mass is 9.88. The van der Waals surface area contributed by atoms with Crippen LogP contribution in [0, 0.1) is 0 Å². The highest BCUT2D eigenvalue weighted by Crippen LogP contribution is 2.50. The molecule has 2 atom stereocenters. The molecule has 118 valence electrons. The van der Waals surface area contributed by atoms with E-state index in [-0.39, 0.29) is 0 Å². The minimum Gasteiger partial charge on any atom is -0.367 e. The van der Waals surface area contributed by atoms with Crippen molar-refractivity contribution in [3.8, 4) is 11.1 Å². The van der Waals surface area contributed by atoms with Crippen LogP contribution in [0.25, 0.3) is 11.1 Å². The van der Waals surface area contributed by atoms with E-state index in [1.165, 1.54) is 47.7 Å². The van der Waals surface area contributed by atoms with Gasteiger partial charge in [0, 0.05) is 29.9 Å². The van der Waals surface area contributed by atoms with E-state index in [4.69, 9.17) is 0 Å². The molecule has 1 N–H and O–H groups in total. The van der Waals surface area contributed by atoms with Gasteiger partial charge in [-0.1, -0.05) is 30.3 Å². The molecule has 0 amide bonds. The highest BCUT2D eigenvalue weighted by Gasteiger charge is 2.41. The second-order valence-electron chi connectivity index (χ2n) is 6.84. The van der Waals surface area contributed by atoms with Crippen molar-refractivity contribution in [3.63, 3.8) is 0 Å². The van der Waals surface area contributed by atoms with Crippen molar-refractivity contribution in [2.45, 2.75) is 29.7 Å². The van der Waals surface area contributed by atoms with E-state index in [1.54, 1.807) is 11.3 Å². The van der Waals surface area contributed by atoms with Gasteiger partial charge < -0.3 is 10.2 Å². The standard InChI is InChI=1S/C20H22N2S/c1-2-5-14(6-3-1)15-11-16-17-13-21-8-7-18(17)22-9-4-10-23-19(12-15)20(16)22/h1-3,5-6,11-12,17-18,21H,4,7-10,13H2/t17-,18-/m1/s1. The molecule has 0 spiro atoms. The Bertz CT molecular complexity index is 728. The summed E-state index contributed by atoms with van der Waals surface area (Å²) >= 11 is 2.06. The van der Waals surface area contributed by atoms with Crippen molar-refractivity contribution < 1.29 is 0 Å². The maximum atomic E-state index is 3.62. The molecule has 0 saturated carbocycles. The number of thioether (sulfide) groups is 1. The lowest BCUT2D eigenvalue weighted by molar-refractivity contribution is 0.403. The molecule has 3 heteroatoms. The number of hydrogen-bond donors (Lipinski definition) is 1. The third-order valence-corrected chi connectivity index (χ3v) is 6.66. The summed E-state index contributed by atoms with van der Waals surface area (Å²) in [5, 5.41) is 3.62. The smallest absolute Gasteiger partial charge is 0.0544 e. The van der Waals surface area contributed by atoms with Crippen molar-refractivity contribution in [2.24, 2.45) is 0 Å². The first-order chi connectivity index (χ1) is 11.4. The van der Waals surface area contributed by atoms with Gasteiger partial charge in [0.15, 0.2) is 0 Å². The van der Waals surface area contributed by atoms with Gasteiger partial charge >= 0.3 is 0 Å². The summed E-state index contributed by atoms with van der Waals surface area (Å²) in [5.41, 5.74) is 5.88. The van der Waals surface area contributed by atoms with Gasteiger partial charge in [-0.25, -0.2) is 0 Å². The minimum absolute atomic E-state index is 0.667. The van der Waals surface area contributed by atoms with E-state index in [1.807, 2.05) is 0 Å². The Morgan fingerprint density at radius 2 is 2.00 bits per heavy atom. The first kappa shape index (κ1) is 13.9. The number of nitrogens with one attached hydrogen (secondary N) is 1. The number of rotatable bonds is 1. The van der Waals surface area contributed by atoms with Crippen LogP contribution in [0.3, 0.4) is 0 Å². The fraction of sp³-hybridized carbons (Fsp3) is 0.400. The van der Waals surface area contributed by atoms with Crippen LogP contribution in [0.5, 0.6) is 0 Å². The van der Waals surface area contributed by atoms with Gasteiger partial charge in [0.1, 0.15) is 0 Å². The largest absolute Gasteiger partial charge is 0.367 e. The quantitative estimate of drug-likeness (QED) is 0.850. The Balaban J connectivity index is 1.69. The highest BCUT2D eigenvalue weighted by atomic mass is 32.2. The van der Waals surface area contributed by atoms with Gasteiger partial charge in [-0.2, -0.15) is 0 Å². The fourth-order valence-corrected chi connectivity index (χ4v) is 5.60. The van der Waals surface area contributed by atoms with Crippen LogP contribution in [0.4, 0.5) is 5.69 Å². The Hall–Kier alpha value is -1.45. The van der Waals surface area contributed by atoms with Crippen molar-refractivity contribution in [2.75, 3.05) is 30.3 Å². The molecule has 1 saturated heterocycles. The monoisotopic (exact) mass is 322 g/mol. The molecule has 3 heterocycles. The number of benzene rings is 2. The van der Waals surface area contributed by atoms with Crippen molar-refractivity contribution >= 4 is 17.4 Å². The van der Waals surface area contributed by atoms with Gasteiger partial charge in [0.25, 0.3) is 0 Å². The molecule has 0 bridgehead atoms. The average molecular weight is 322 g/mol. The van der Waals surface area contributed by atoms with Crippen LogP contribution in [0.1, 0.15) is 24.3 Å². The summed E-state index contributed by atoms with van der Waals surface area (Å²) in [4.78, 5) is 4.25. The molecule has 0 aliphatic carbocycles. The maximum absolute atomic E-state index is 3.62. The van der Waals surface area contributed by atoms with Crippen LogP contribution in [0.15, 0.2) is 47.4 Å². The second-order valence-corrected chi connectivity index (χ2v) is 7.98. The summed E-state index contributed by atoms with van der Waals surface area (Å²) < 4.78 is 0. The molecule has 5 rings (SSSR count). The SMILES string of the molecule is c1ccc(-c2cc3c4c(c2)[C@H]2CNCC[C@H]2N4CCCS3)cc1. The zero-order valence-electron chi connectivity index (χ0n) is 13.3. The van der Waals surface area contributed by atoms with E-state index >= 15 is 0 Å². The van der Waals surface area contributed by atoms with Crippen LogP contribution in [-0.4, -0.2) is 31.4 Å². The predicted molar refractivity (Wildman–Crippen MR) is 98.6 cm³/mol. The summed E-state index contributed by atoms with van der Waals surface area (Å²) in [6, 6.07) is 16.5. The van der Waals surface area contributed by atoms with Gasteiger partial charge in [0.05, 0.1) is 5.69 Å². The molecule has 23 heavy (non-hydrogen) atoms. The molecule has 0 unspecified atom stereocenters. The van der Waals surface area contributed by atoms with E-state index < -0.39 is 0 Å². The van der Waals surface area contributed by atoms with Crippen molar-refractivity contribution in [1.82, 2.24) is 5.32 Å². The lowest BCUT2D eigenvalue weighted by Crippen LogP contribution is -2.44. The zero-order chi connectivity index (χ0) is 15.2. The van der Waals surface area contributed by atoms with Gasteiger partial charge in [-0.3, -0.25) is 0 Å². The van der Waals surface area contributed by atoms with Gasteiger partial charge in [0.2, 0.25) is 0 Å². The van der Waals surface area contributed by atoms with Crippen molar-refractivity contribution in [1.29, 1.82) is 0 Å². The summed E-state index contributed by atoms with van der Waals surface area (Å²) in [5.74, 6) is 1.91. The number of fused-ring (bicyclic) bond motifs is 3. The van der Waals surface area contributed by atoms with Crippen LogP contribution in [-0.2, 0) is 0 Å². The first-order valence-electron chi connectivity index (χ1n) is 8.75. The fourth-order valence-electron chi connectivity index (χ4n) is 4.52. The number of hydrogen-bond acceptors (Lipinski definition) is 3. The molecule has 3 aliphatic heterocycles. The highest BCUT2D eigenvalue weighted by molar-refractivity contribution is 7.99. The normalized spacial score (nSPS) is 25.7. The Morgan fingerprint density at radius 1 is 1.09 bits per heavy atom. The second kappa shape index (κ2) is 5.57. The van der Waals surface area contributed by atoms with Crippen LogP contribution < -0.4 is 10.2 Å². The predicted octanol–water partition coefficient (Wildman–Crippen LogP) is 4.11. The van der Waals surface area contributed by atoms with Gasteiger partial charge in [-0.05, 0) is 54.0 Å². The molecular weight excluding hydrogens is 300 g/mol. The number of anilines is 1. The lowest BCUT2D eigenvalue weighted by Gasteiger charge is -2.33. The zero-order valence-corrected chi connectivity index (χ0v) is 14.1. The molecule has 1 fully saturated rings. The average Bonchev–Trinajstić information content (AvgIpc) is 2.77. The van der Waals surface area contributed by atoms with E-state index in [9.17, 15) is 0 Å². The molecule has 0 aromatic heterocycles. The molecule has 3 aliphatic rings. The topological polar surface area (TPSA) is 15.3 Å². The third-order valence-electron chi connectivity index (χ3n) is 5.55. The maximum Gasteiger partial charge on any atom is 0.0544 e. The Morgan fingerprint density at radius 3 is 2.91 bits per heavy atom. The summed E-state index contributed by atoms with van der Waals surface area (Å²) in [6.45, 7) is 3.54. The Labute approximate surface area is 142 Å². The Kier molecular flexibility index (Phi) is 3.38. The van der Waals surface area contributed by atoms with E-state index in [0.29, 0.717) is 5.92 Å². The van der Waals surface area contributed by atoms with Crippen LogP contribution in [0.2, 0.25) is 0 Å². The van der Waals surface area contributed by atoms with E-state index in [0.717, 1.165) is 12.6 Å². The summed E-state index contributed by atoms with van der Waals surface area (Å²) in [7, 11) is 0. The summed E-state index contributed by atoms with van der Waals surface area (Å²) in [6.07, 6.45) is 2.58. The molecule has 2 nitrogen and oxygen atoms in total. The first-order valence-corrected chi connectivity index (χ1v) is 9.74. The third kappa shape index (κ3) is 2.21. The molecular formula is C20H22N2S. The van der Waals surface area contributed by atoms with E-state index in [2.05, 4.69) is 64.4 Å².